The molecule has 0 saturated carbocycles. The highest BCUT2D eigenvalue weighted by Crippen LogP contribution is 2.14. The van der Waals surface area contributed by atoms with Crippen LogP contribution in [0.2, 0.25) is 0 Å². The molecule has 2 rings (SSSR count). The third-order valence-electron chi connectivity index (χ3n) is 3.29. The molecule has 0 aliphatic heterocycles. The maximum Gasteiger partial charge on any atom is 0.339 e. The van der Waals surface area contributed by atoms with E-state index in [0.29, 0.717) is 13.2 Å². The van der Waals surface area contributed by atoms with Crippen LogP contribution in [0.1, 0.15) is 35.7 Å². The Morgan fingerprint density at radius 3 is 2.59 bits per heavy atom. The van der Waals surface area contributed by atoms with Gasteiger partial charge in [-0.05, 0) is 18.1 Å². The predicted molar refractivity (Wildman–Crippen MR) is 83.6 cm³/mol. The molecule has 1 N–H and O–H groups in total. The van der Waals surface area contributed by atoms with E-state index in [1.165, 1.54) is 16.8 Å². The van der Waals surface area contributed by atoms with Crippen LogP contribution in [0.15, 0.2) is 47.4 Å². The van der Waals surface area contributed by atoms with E-state index >= 15 is 0 Å². The number of hydrogen-bond donors (Lipinski definition) is 1. The van der Waals surface area contributed by atoms with Crippen LogP contribution >= 0.6 is 0 Å². The topological polar surface area (TPSA) is 68.5 Å². The number of nitrogens with zero attached hydrogens (tertiary/aromatic N) is 1. The number of ether oxygens (including phenoxy) is 1. The summed E-state index contributed by atoms with van der Waals surface area (Å²) in [7, 11) is 0. The Bertz CT molecular complexity index is 692. The molecule has 0 bridgehead atoms. The van der Waals surface area contributed by atoms with Crippen molar-refractivity contribution in [1.82, 2.24) is 4.57 Å². The number of benzene rings is 1. The standard InChI is InChI=1S/C17H19NO4/c1-2-3-11-22-15-14(17(20)21)9-10-18(16(15)19)12-13-7-5-4-6-8-13/h4-10H,2-3,11-12H2,1H3,(H,20,21). The van der Waals surface area contributed by atoms with Gasteiger partial charge in [0.1, 0.15) is 5.56 Å². The number of pyridine rings is 1. The van der Waals surface area contributed by atoms with Crippen LogP contribution in [0.5, 0.6) is 5.75 Å². The molecule has 116 valence electrons. The number of aromatic carboxylic acids is 1. The van der Waals surface area contributed by atoms with Gasteiger partial charge in [0.25, 0.3) is 5.56 Å². The number of unbranched alkanes of at least 4 members (excludes halogenated alkanes) is 1. The van der Waals surface area contributed by atoms with Gasteiger partial charge in [-0.2, -0.15) is 0 Å². The van der Waals surface area contributed by atoms with E-state index < -0.39 is 11.5 Å². The van der Waals surface area contributed by atoms with Gasteiger partial charge in [0.15, 0.2) is 5.75 Å². The fraction of sp³-hybridized carbons (Fsp3) is 0.294. The van der Waals surface area contributed by atoms with Crippen molar-refractivity contribution >= 4 is 5.97 Å². The molecule has 0 aliphatic rings. The summed E-state index contributed by atoms with van der Waals surface area (Å²) in [4.78, 5) is 23.7. The summed E-state index contributed by atoms with van der Waals surface area (Å²) >= 11 is 0. The number of hydrogen-bond acceptors (Lipinski definition) is 3. The fourth-order valence-corrected chi connectivity index (χ4v) is 2.08. The van der Waals surface area contributed by atoms with Crippen LogP contribution in [0.4, 0.5) is 0 Å². The quantitative estimate of drug-likeness (QED) is 0.798. The Morgan fingerprint density at radius 1 is 1.23 bits per heavy atom. The van der Waals surface area contributed by atoms with E-state index in [0.717, 1.165) is 18.4 Å². The minimum absolute atomic E-state index is 0.0839. The average molecular weight is 301 g/mol. The van der Waals surface area contributed by atoms with Gasteiger partial charge in [-0.3, -0.25) is 4.79 Å². The third kappa shape index (κ3) is 3.75. The Balaban J connectivity index is 2.34. The zero-order valence-corrected chi connectivity index (χ0v) is 12.5. The second-order valence-electron chi connectivity index (χ2n) is 4.98. The molecule has 0 radical (unpaired) electrons. The molecule has 1 aromatic heterocycles. The van der Waals surface area contributed by atoms with Crippen LogP contribution < -0.4 is 10.3 Å². The minimum Gasteiger partial charge on any atom is -0.487 e. The van der Waals surface area contributed by atoms with Crippen LogP contribution in [0.25, 0.3) is 0 Å². The van der Waals surface area contributed by atoms with E-state index in [4.69, 9.17) is 4.74 Å². The molecule has 5 nitrogen and oxygen atoms in total. The Morgan fingerprint density at radius 2 is 1.95 bits per heavy atom. The summed E-state index contributed by atoms with van der Waals surface area (Å²) in [6.45, 7) is 2.71. The highest BCUT2D eigenvalue weighted by Gasteiger charge is 2.17. The summed E-state index contributed by atoms with van der Waals surface area (Å²) < 4.78 is 6.90. The first-order valence-corrected chi connectivity index (χ1v) is 7.27. The first kappa shape index (κ1) is 15.8. The van der Waals surface area contributed by atoms with E-state index in [-0.39, 0.29) is 11.3 Å². The molecule has 0 amide bonds. The predicted octanol–water partition coefficient (Wildman–Crippen LogP) is 2.77. The maximum atomic E-state index is 12.5. The lowest BCUT2D eigenvalue weighted by Crippen LogP contribution is -2.25. The smallest absolute Gasteiger partial charge is 0.339 e. The van der Waals surface area contributed by atoms with E-state index in [2.05, 4.69) is 0 Å². The zero-order chi connectivity index (χ0) is 15.9. The molecule has 1 aromatic carbocycles. The molecular weight excluding hydrogens is 282 g/mol. The lowest BCUT2D eigenvalue weighted by atomic mass is 10.2. The molecule has 0 fully saturated rings. The van der Waals surface area contributed by atoms with Gasteiger partial charge in [0, 0.05) is 6.20 Å². The maximum absolute atomic E-state index is 12.5. The Hall–Kier alpha value is -2.56. The molecule has 0 saturated heterocycles. The number of carboxylic acid groups (broad SMARTS) is 1. The van der Waals surface area contributed by atoms with Gasteiger partial charge >= 0.3 is 5.97 Å². The van der Waals surface area contributed by atoms with Crippen LogP contribution in [-0.4, -0.2) is 22.2 Å². The second-order valence-corrected chi connectivity index (χ2v) is 4.98. The van der Waals surface area contributed by atoms with Gasteiger partial charge in [-0.1, -0.05) is 43.7 Å². The SMILES string of the molecule is CCCCOc1c(C(=O)O)ccn(Cc2ccccc2)c1=O. The first-order chi connectivity index (χ1) is 10.6. The molecule has 0 atom stereocenters. The average Bonchev–Trinajstić information content (AvgIpc) is 2.51. The summed E-state index contributed by atoms with van der Waals surface area (Å²) in [6.07, 6.45) is 3.17. The van der Waals surface area contributed by atoms with Crippen molar-refractivity contribution in [2.75, 3.05) is 6.61 Å². The number of carbonyl (C=O) groups is 1. The van der Waals surface area contributed by atoms with Gasteiger partial charge in [-0.25, -0.2) is 4.79 Å². The van der Waals surface area contributed by atoms with Crippen molar-refractivity contribution in [3.05, 3.63) is 64.1 Å². The van der Waals surface area contributed by atoms with Crippen molar-refractivity contribution in [2.24, 2.45) is 0 Å². The summed E-state index contributed by atoms with van der Waals surface area (Å²) in [5.74, 6) is -1.24. The number of carboxylic acids is 1. The van der Waals surface area contributed by atoms with Crippen molar-refractivity contribution in [3.8, 4) is 5.75 Å². The number of aromatic nitrogens is 1. The van der Waals surface area contributed by atoms with Gasteiger partial charge in [0.05, 0.1) is 13.2 Å². The lowest BCUT2D eigenvalue weighted by molar-refractivity contribution is 0.0691. The van der Waals surface area contributed by atoms with Crippen molar-refractivity contribution in [3.63, 3.8) is 0 Å². The van der Waals surface area contributed by atoms with E-state index in [9.17, 15) is 14.7 Å². The highest BCUT2D eigenvalue weighted by atomic mass is 16.5. The summed E-state index contributed by atoms with van der Waals surface area (Å²) in [5.41, 5.74) is 0.456. The minimum atomic E-state index is -1.16. The molecular formula is C17H19NO4. The molecule has 0 unspecified atom stereocenters. The van der Waals surface area contributed by atoms with E-state index in [1.807, 2.05) is 37.3 Å². The normalized spacial score (nSPS) is 10.4. The van der Waals surface area contributed by atoms with Gasteiger partial charge < -0.3 is 14.4 Å². The second kappa shape index (κ2) is 7.45. The Labute approximate surface area is 128 Å². The van der Waals surface area contributed by atoms with Crippen molar-refractivity contribution in [2.45, 2.75) is 26.3 Å². The molecule has 0 spiro atoms. The fourth-order valence-electron chi connectivity index (χ4n) is 2.08. The summed E-state index contributed by atoms with van der Waals surface area (Å²) in [6, 6.07) is 10.9. The highest BCUT2D eigenvalue weighted by molar-refractivity contribution is 5.90. The largest absolute Gasteiger partial charge is 0.487 e. The van der Waals surface area contributed by atoms with Crippen molar-refractivity contribution in [1.29, 1.82) is 0 Å². The molecule has 22 heavy (non-hydrogen) atoms. The first-order valence-electron chi connectivity index (χ1n) is 7.27. The molecule has 2 aromatic rings. The lowest BCUT2D eigenvalue weighted by Gasteiger charge is -2.12. The zero-order valence-electron chi connectivity index (χ0n) is 12.5. The van der Waals surface area contributed by atoms with Gasteiger partial charge in [0.2, 0.25) is 0 Å². The van der Waals surface area contributed by atoms with Crippen LogP contribution in [0.3, 0.4) is 0 Å². The van der Waals surface area contributed by atoms with Crippen LogP contribution in [-0.2, 0) is 6.54 Å². The Kier molecular flexibility index (Phi) is 5.36. The number of rotatable bonds is 7. The molecule has 5 heteroatoms. The summed E-state index contributed by atoms with van der Waals surface area (Å²) in [5, 5.41) is 9.20. The molecule has 0 aliphatic carbocycles. The molecule has 1 heterocycles. The van der Waals surface area contributed by atoms with E-state index in [1.54, 1.807) is 0 Å². The monoisotopic (exact) mass is 301 g/mol. The van der Waals surface area contributed by atoms with Gasteiger partial charge in [-0.15, -0.1) is 0 Å². The van der Waals surface area contributed by atoms with Crippen LogP contribution in [0, 0.1) is 0 Å². The van der Waals surface area contributed by atoms with Crippen molar-refractivity contribution < 1.29 is 14.6 Å². The third-order valence-corrected chi connectivity index (χ3v) is 3.29.